The van der Waals surface area contributed by atoms with Gasteiger partial charge in [-0.1, -0.05) is 32.9 Å². The van der Waals surface area contributed by atoms with E-state index in [1.54, 1.807) is 32.8 Å². The molecule has 1 aliphatic heterocycles. The highest BCUT2D eigenvalue weighted by Crippen LogP contribution is 2.49. The molecule has 2 heterocycles. The summed E-state index contributed by atoms with van der Waals surface area (Å²) in [4.78, 5) is 11.7. The van der Waals surface area contributed by atoms with Crippen LogP contribution >= 0.6 is 32.9 Å². The normalized spacial score (nSPS) is 15.3. The summed E-state index contributed by atoms with van der Waals surface area (Å²) in [6.07, 6.45) is 0. The van der Waals surface area contributed by atoms with Crippen molar-refractivity contribution in [1.82, 2.24) is 0 Å². The molecule has 0 spiro atoms. The molecule has 1 aromatic carbocycles. The molecule has 7 heteroatoms. The van der Waals surface area contributed by atoms with Gasteiger partial charge in [0.2, 0.25) is 0 Å². The average Bonchev–Trinajstić information content (AvgIpc) is 2.72. The van der Waals surface area contributed by atoms with E-state index in [2.05, 4.69) is 19.2 Å². The fourth-order valence-electron chi connectivity index (χ4n) is 2.26. The molecule has 0 saturated heterocycles. The smallest absolute Gasteiger partial charge is 0.270 e. The van der Waals surface area contributed by atoms with Crippen molar-refractivity contribution in [3.63, 3.8) is 0 Å². The summed E-state index contributed by atoms with van der Waals surface area (Å²) in [6.45, 7) is 4.18. The number of anilines is 1. The Morgan fingerprint density at radius 2 is 2.11 bits per heavy atom. The minimum atomic E-state index is -0.376. The number of benzene rings is 1. The molecule has 3 rings (SSSR count). The van der Waals surface area contributed by atoms with E-state index in [1.165, 1.54) is 6.07 Å². The predicted molar refractivity (Wildman–Crippen MR) is 81.8 cm³/mol. The summed E-state index contributed by atoms with van der Waals surface area (Å²) in [5.41, 5.74) is 2.62. The van der Waals surface area contributed by atoms with Crippen LogP contribution < -0.4 is 5.32 Å². The van der Waals surface area contributed by atoms with Crippen LogP contribution in [0.25, 0.3) is 11.1 Å². The minimum absolute atomic E-state index is 0.0943. The summed E-state index contributed by atoms with van der Waals surface area (Å²) in [7, 11) is 3.19. The van der Waals surface area contributed by atoms with Crippen LogP contribution in [0.4, 0.5) is 11.4 Å². The Morgan fingerprint density at radius 3 is 2.79 bits per heavy atom. The number of nitro benzene ring substituents is 1. The van der Waals surface area contributed by atoms with Gasteiger partial charge in [0.1, 0.15) is 3.82 Å². The van der Waals surface area contributed by atoms with E-state index < -0.39 is 0 Å². The van der Waals surface area contributed by atoms with Crippen LogP contribution in [0, 0.1) is 13.9 Å². The van der Waals surface area contributed by atoms with E-state index in [0.29, 0.717) is 0 Å². The lowest BCUT2D eigenvalue weighted by molar-refractivity contribution is -0.384. The fourth-order valence-corrected chi connectivity index (χ4v) is 5.52. The minimum Gasteiger partial charge on any atom is -0.375 e. The highest BCUT2D eigenvalue weighted by molar-refractivity contribution is 7.80. The standard InChI is InChI=1S/C12H10N2O2S3/c1-12(2)10-9(11(17)19-18-10)7-5-6(14(15)16)3-4-8(7)13-12/h3-5,13H,1-2H3. The maximum absolute atomic E-state index is 10.9. The van der Waals surface area contributed by atoms with Crippen LogP contribution in [0.1, 0.15) is 18.7 Å². The predicted octanol–water partition coefficient (Wildman–Crippen LogP) is 4.77. The molecule has 2 aromatic rings. The molecule has 0 amide bonds. The van der Waals surface area contributed by atoms with Crippen molar-refractivity contribution >= 4 is 44.3 Å². The molecule has 0 aliphatic carbocycles. The van der Waals surface area contributed by atoms with Crippen molar-refractivity contribution in [3.05, 3.63) is 37.0 Å². The number of nitrogens with zero attached hydrogens (tertiary/aromatic N) is 1. The number of nitrogens with one attached hydrogen (secondary N) is 1. The van der Waals surface area contributed by atoms with Gasteiger partial charge in [0.05, 0.1) is 15.3 Å². The van der Waals surface area contributed by atoms with E-state index in [0.717, 1.165) is 25.5 Å². The highest BCUT2D eigenvalue weighted by atomic mass is 32.9. The topological polar surface area (TPSA) is 55.2 Å². The van der Waals surface area contributed by atoms with Crippen LogP contribution in [0.5, 0.6) is 0 Å². The number of non-ortho nitro benzene ring substituents is 1. The molecular formula is C12H10N2O2S3. The summed E-state index contributed by atoms with van der Waals surface area (Å²) in [5.74, 6) is 0. The molecule has 0 unspecified atom stereocenters. The van der Waals surface area contributed by atoms with Crippen molar-refractivity contribution in [3.8, 4) is 11.1 Å². The van der Waals surface area contributed by atoms with E-state index in [-0.39, 0.29) is 16.1 Å². The molecule has 0 fully saturated rings. The summed E-state index contributed by atoms with van der Waals surface area (Å²) in [6, 6.07) is 4.88. The van der Waals surface area contributed by atoms with Crippen LogP contribution in [0.15, 0.2) is 18.2 Å². The Kier molecular flexibility index (Phi) is 2.74. The summed E-state index contributed by atoms with van der Waals surface area (Å²) in [5, 5.41) is 14.3. The van der Waals surface area contributed by atoms with Crippen molar-refractivity contribution < 1.29 is 4.92 Å². The van der Waals surface area contributed by atoms with Gasteiger partial charge < -0.3 is 5.32 Å². The fraction of sp³-hybridized carbons (Fsp3) is 0.250. The third-order valence-corrected chi connectivity index (χ3v) is 6.47. The first-order valence-corrected chi connectivity index (χ1v) is 8.16. The first kappa shape index (κ1) is 12.7. The van der Waals surface area contributed by atoms with Gasteiger partial charge in [-0.05, 0) is 19.9 Å². The van der Waals surface area contributed by atoms with Crippen LogP contribution in [0.2, 0.25) is 0 Å². The molecule has 0 bridgehead atoms. The molecule has 1 N–H and O–H groups in total. The first-order chi connectivity index (χ1) is 8.90. The zero-order chi connectivity index (χ0) is 13.8. The number of fused-ring (bicyclic) bond motifs is 3. The Bertz CT molecular complexity index is 746. The highest BCUT2D eigenvalue weighted by Gasteiger charge is 2.33. The van der Waals surface area contributed by atoms with E-state index in [4.69, 9.17) is 12.2 Å². The molecule has 1 aliphatic rings. The van der Waals surface area contributed by atoms with Gasteiger partial charge >= 0.3 is 0 Å². The zero-order valence-corrected chi connectivity index (χ0v) is 12.7. The van der Waals surface area contributed by atoms with Crippen LogP contribution in [0.3, 0.4) is 0 Å². The molecule has 19 heavy (non-hydrogen) atoms. The van der Waals surface area contributed by atoms with Crippen molar-refractivity contribution in [1.29, 1.82) is 0 Å². The van der Waals surface area contributed by atoms with E-state index in [1.807, 2.05) is 0 Å². The molecular weight excluding hydrogens is 300 g/mol. The molecule has 0 saturated carbocycles. The maximum Gasteiger partial charge on any atom is 0.270 e. The molecule has 0 atom stereocenters. The van der Waals surface area contributed by atoms with Gasteiger partial charge in [-0.25, -0.2) is 0 Å². The largest absolute Gasteiger partial charge is 0.375 e. The Balaban J connectivity index is 2.33. The maximum atomic E-state index is 10.9. The van der Waals surface area contributed by atoms with E-state index >= 15 is 0 Å². The van der Waals surface area contributed by atoms with Crippen molar-refractivity contribution in [2.24, 2.45) is 0 Å². The van der Waals surface area contributed by atoms with Gasteiger partial charge in [0.25, 0.3) is 5.69 Å². The van der Waals surface area contributed by atoms with Crippen LogP contribution in [-0.4, -0.2) is 4.92 Å². The molecule has 98 valence electrons. The number of nitro groups is 1. The van der Waals surface area contributed by atoms with Crippen molar-refractivity contribution in [2.75, 3.05) is 5.32 Å². The lowest BCUT2D eigenvalue weighted by Gasteiger charge is -2.33. The zero-order valence-electron chi connectivity index (χ0n) is 10.2. The molecule has 0 radical (unpaired) electrons. The average molecular weight is 310 g/mol. The van der Waals surface area contributed by atoms with Gasteiger partial charge in [-0.2, -0.15) is 0 Å². The number of hydrogen-bond acceptors (Lipinski definition) is 6. The molecule has 1 aromatic heterocycles. The number of hydrogen-bond donors (Lipinski definition) is 1. The van der Waals surface area contributed by atoms with Gasteiger partial charge in [-0.15, -0.1) is 0 Å². The van der Waals surface area contributed by atoms with Crippen molar-refractivity contribution in [2.45, 2.75) is 19.4 Å². The first-order valence-electron chi connectivity index (χ1n) is 5.61. The number of rotatable bonds is 1. The third kappa shape index (κ3) is 1.89. The summed E-state index contributed by atoms with van der Waals surface area (Å²) < 4.78 is 0.802. The van der Waals surface area contributed by atoms with Gasteiger partial charge in [0.15, 0.2) is 0 Å². The SMILES string of the molecule is CC1(C)Nc2ccc([N+](=O)[O-])cc2-c2c1ssc2=S. The Hall–Kier alpha value is -1.31. The second kappa shape index (κ2) is 4.09. The van der Waals surface area contributed by atoms with Crippen LogP contribution in [-0.2, 0) is 5.54 Å². The molecule has 4 nitrogen and oxygen atoms in total. The second-order valence-corrected chi connectivity index (χ2v) is 7.71. The van der Waals surface area contributed by atoms with Gasteiger partial charge in [-0.3, -0.25) is 10.1 Å². The Morgan fingerprint density at radius 1 is 1.37 bits per heavy atom. The third-order valence-electron chi connectivity index (χ3n) is 3.13. The second-order valence-electron chi connectivity index (χ2n) is 4.90. The van der Waals surface area contributed by atoms with Gasteiger partial charge in [0, 0.05) is 28.9 Å². The Labute approximate surface area is 122 Å². The summed E-state index contributed by atoms with van der Waals surface area (Å²) >= 11 is 5.39. The van der Waals surface area contributed by atoms with E-state index in [9.17, 15) is 10.1 Å². The quantitative estimate of drug-likeness (QED) is 0.356. The lowest BCUT2D eigenvalue weighted by Crippen LogP contribution is -2.30. The monoisotopic (exact) mass is 310 g/mol. The lowest BCUT2D eigenvalue weighted by atomic mass is 9.90.